The van der Waals surface area contributed by atoms with Gasteiger partial charge in [-0.2, -0.15) is 0 Å². The van der Waals surface area contributed by atoms with Crippen LogP contribution in [0.1, 0.15) is 31.7 Å². The van der Waals surface area contributed by atoms with Gasteiger partial charge in [-0.15, -0.1) is 12.4 Å². The maximum atomic E-state index is 11.9. The van der Waals surface area contributed by atoms with Gasteiger partial charge in [0.25, 0.3) is 0 Å². The number of aryl methyl sites for hydroxylation is 1. The fraction of sp³-hybridized carbons (Fsp3) is 0.562. The van der Waals surface area contributed by atoms with Crippen molar-refractivity contribution in [2.24, 2.45) is 11.7 Å². The molecule has 0 heterocycles. The highest BCUT2D eigenvalue weighted by atomic mass is 35.5. The molecule has 0 saturated heterocycles. The molecule has 1 aromatic rings. The lowest BCUT2D eigenvalue weighted by molar-refractivity contribution is -0.121. The van der Waals surface area contributed by atoms with Crippen molar-refractivity contribution in [2.75, 3.05) is 13.2 Å². The number of carbonyl (C=O) groups is 1. The lowest BCUT2D eigenvalue weighted by atomic mass is 10.1. The molecule has 2 rings (SSSR count). The fourth-order valence-corrected chi connectivity index (χ4v) is 2.32. The molecule has 0 spiro atoms. The summed E-state index contributed by atoms with van der Waals surface area (Å²) >= 11 is 0. The third-order valence-electron chi connectivity index (χ3n) is 3.67. The number of ether oxygens (including phenoxy) is 1. The average molecular weight is 313 g/mol. The molecule has 1 aliphatic rings. The third kappa shape index (κ3) is 5.94. The summed E-state index contributed by atoms with van der Waals surface area (Å²) in [7, 11) is 0. The molecule has 0 aromatic heterocycles. The molecular weight excluding hydrogens is 288 g/mol. The number of nitrogens with two attached hydrogens (primary N) is 1. The standard InChI is InChI=1S/C16H24N2O2.ClH/c1-2-20-14-8-3-12(4-9-14)5-10-16(19)18-15(11-17)13-6-7-13;/h3-4,8-9,13,15H,2,5-7,10-11,17H2,1H3,(H,18,19);1H. The Kier molecular flexibility index (Phi) is 7.54. The van der Waals surface area contributed by atoms with E-state index >= 15 is 0 Å². The highest BCUT2D eigenvalue weighted by Crippen LogP contribution is 2.32. The first kappa shape index (κ1) is 17.8. The molecular formula is C16H25ClN2O2. The zero-order chi connectivity index (χ0) is 14.4. The van der Waals surface area contributed by atoms with Gasteiger partial charge in [-0.25, -0.2) is 0 Å². The smallest absolute Gasteiger partial charge is 0.220 e. The average Bonchev–Trinajstić information content (AvgIpc) is 3.29. The molecule has 1 amide bonds. The van der Waals surface area contributed by atoms with E-state index in [1.54, 1.807) is 0 Å². The van der Waals surface area contributed by atoms with Gasteiger partial charge in [0.1, 0.15) is 5.75 Å². The van der Waals surface area contributed by atoms with Crippen LogP contribution in [0.25, 0.3) is 0 Å². The monoisotopic (exact) mass is 312 g/mol. The number of amides is 1. The first-order valence-corrected chi connectivity index (χ1v) is 7.44. The minimum absolute atomic E-state index is 0. The zero-order valence-electron chi connectivity index (χ0n) is 12.5. The number of halogens is 1. The van der Waals surface area contributed by atoms with Gasteiger partial charge >= 0.3 is 0 Å². The van der Waals surface area contributed by atoms with E-state index in [1.165, 1.54) is 12.8 Å². The Bertz CT molecular complexity index is 432. The van der Waals surface area contributed by atoms with Crippen LogP contribution in [0.2, 0.25) is 0 Å². The van der Waals surface area contributed by atoms with E-state index in [0.29, 0.717) is 25.5 Å². The molecule has 3 N–H and O–H groups in total. The molecule has 1 unspecified atom stereocenters. The number of carbonyl (C=O) groups excluding carboxylic acids is 1. The molecule has 1 saturated carbocycles. The van der Waals surface area contributed by atoms with E-state index in [4.69, 9.17) is 10.5 Å². The minimum atomic E-state index is 0. The summed E-state index contributed by atoms with van der Waals surface area (Å²) in [5.41, 5.74) is 6.84. The predicted molar refractivity (Wildman–Crippen MR) is 86.9 cm³/mol. The molecule has 0 radical (unpaired) electrons. The second kappa shape index (κ2) is 8.90. The van der Waals surface area contributed by atoms with Crippen molar-refractivity contribution in [3.8, 4) is 5.75 Å². The van der Waals surface area contributed by atoms with E-state index in [-0.39, 0.29) is 24.4 Å². The summed E-state index contributed by atoms with van der Waals surface area (Å²) in [6.07, 6.45) is 3.65. The number of benzene rings is 1. The highest BCUT2D eigenvalue weighted by Gasteiger charge is 2.30. The van der Waals surface area contributed by atoms with Gasteiger partial charge < -0.3 is 15.8 Å². The van der Waals surface area contributed by atoms with E-state index in [2.05, 4.69) is 5.32 Å². The van der Waals surface area contributed by atoms with Crippen LogP contribution >= 0.6 is 12.4 Å². The predicted octanol–water partition coefficient (Wildman–Crippen LogP) is 2.29. The number of rotatable bonds is 8. The van der Waals surface area contributed by atoms with Gasteiger partial charge in [-0.1, -0.05) is 12.1 Å². The molecule has 1 aromatic carbocycles. The van der Waals surface area contributed by atoms with Crippen LogP contribution in [-0.2, 0) is 11.2 Å². The summed E-state index contributed by atoms with van der Waals surface area (Å²) in [4.78, 5) is 11.9. The van der Waals surface area contributed by atoms with Gasteiger partial charge in [0, 0.05) is 19.0 Å². The molecule has 1 fully saturated rings. The van der Waals surface area contributed by atoms with Crippen molar-refractivity contribution < 1.29 is 9.53 Å². The maximum Gasteiger partial charge on any atom is 0.220 e. The van der Waals surface area contributed by atoms with Crippen molar-refractivity contribution in [1.82, 2.24) is 5.32 Å². The molecule has 1 atom stereocenters. The molecule has 0 bridgehead atoms. The Morgan fingerprint density at radius 3 is 2.57 bits per heavy atom. The Balaban J connectivity index is 0.00000220. The lowest BCUT2D eigenvalue weighted by Gasteiger charge is -2.15. The van der Waals surface area contributed by atoms with Crippen molar-refractivity contribution in [3.63, 3.8) is 0 Å². The third-order valence-corrected chi connectivity index (χ3v) is 3.67. The van der Waals surface area contributed by atoms with Crippen molar-refractivity contribution in [1.29, 1.82) is 0 Å². The SMILES string of the molecule is CCOc1ccc(CCC(=O)NC(CN)C2CC2)cc1.Cl. The largest absolute Gasteiger partial charge is 0.494 e. The lowest BCUT2D eigenvalue weighted by Crippen LogP contribution is -2.41. The summed E-state index contributed by atoms with van der Waals surface area (Å²) < 4.78 is 5.39. The van der Waals surface area contributed by atoms with E-state index in [1.807, 2.05) is 31.2 Å². The number of hydrogen-bond acceptors (Lipinski definition) is 3. The van der Waals surface area contributed by atoms with E-state index in [9.17, 15) is 4.79 Å². The topological polar surface area (TPSA) is 64.3 Å². The van der Waals surface area contributed by atoms with Crippen LogP contribution in [0.3, 0.4) is 0 Å². The normalized spacial score (nSPS) is 15.0. The highest BCUT2D eigenvalue weighted by molar-refractivity contribution is 5.85. The first-order chi connectivity index (χ1) is 9.72. The summed E-state index contributed by atoms with van der Waals surface area (Å²) in [6.45, 7) is 3.18. The second-order valence-corrected chi connectivity index (χ2v) is 5.32. The number of hydrogen-bond donors (Lipinski definition) is 2. The van der Waals surface area contributed by atoms with Crippen LogP contribution in [0, 0.1) is 5.92 Å². The quantitative estimate of drug-likeness (QED) is 0.774. The fourth-order valence-electron chi connectivity index (χ4n) is 2.32. The molecule has 0 aliphatic heterocycles. The molecule has 118 valence electrons. The van der Waals surface area contributed by atoms with Crippen molar-refractivity contribution in [3.05, 3.63) is 29.8 Å². The Labute approximate surface area is 132 Å². The van der Waals surface area contributed by atoms with Crippen molar-refractivity contribution in [2.45, 2.75) is 38.6 Å². The molecule has 21 heavy (non-hydrogen) atoms. The summed E-state index contributed by atoms with van der Waals surface area (Å²) in [6, 6.07) is 8.09. The van der Waals surface area contributed by atoms with Crippen LogP contribution in [0.4, 0.5) is 0 Å². The zero-order valence-corrected chi connectivity index (χ0v) is 13.3. The Hall–Kier alpha value is -1.26. The first-order valence-electron chi connectivity index (χ1n) is 7.44. The number of nitrogens with one attached hydrogen (secondary N) is 1. The van der Waals surface area contributed by atoms with Gasteiger partial charge in [-0.05, 0) is 49.8 Å². The second-order valence-electron chi connectivity index (χ2n) is 5.32. The van der Waals surface area contributed by atoms with Gasteiger partial charge in [0.05, 0.1) is 6.61 Å². The molecule has 4 nitrogen and oxygen atoms in total. The maximum absolute atomic E-state index is 11.9. The van der Waals surface area contributed by atoms with E-state index in [0.717, 1.165) is 17.7 Å². The van der Waals surface area contributed by atoms with Crippen LogP contribution < -0.4 is 15.8 Å². The summed E-state index contributed by atoms with van der Waals surface area (Å²) in [5, 5.41) is 3.04. The van der Waals surface area contributed by atoms with Crippen LogP contribution in [0.5, 0.6) is 5.75 Å². The van der Waals surface area contributed by atoms with Gasteiger partial charge in [-0.3, -0.25) is 4.79 Å². The molecule has 5 heteroatoms. The summed E-state index contributed by atoms with van der Waals surface area (Å²) in [5.74, 6) is 1.58. The van der Waals surface area contributed by atoms with Crippen LogP contribution in [0.15, 0.2) is 24.3 Å². The van der Waals surface area contributed by atoms with Gasteiger partial charge in [0.2, 0.25) is 5.91 Å². The molecule has 1 aliphatic carbocycles. The minimum Gasteiger partial charge on any atom is -0.494 e. The van der Waals surface area contributed by atoms with E-state index < -0.39 is 0 Å². The Morgan fingerprint density at radius 2 is 2.05 bits per heavy atom. The Morgan fingerprint density at radius 1 is 1.38 bits per heavy atom. The van der Waals surface area contributed by atoms with Crippen LogP contribution in [-0.4, -0.2) is 25.1 Å². The van der Waals surface area contributed by atoms with Gasteiger partial charge in [0.15, 0.2) is 0 Å². The van der Waals surface area contributed by atoms with Crippen molar-refractivity contribution >= 4 is 18.3 Å².